The van der Waals surface area contributed by atoms with Gasteiger partial charge in [0.15, 0.2) is 0 Å². The fourth-order valence-corrected chi connectivity index (χ4v) is 2.39. The van der Waals surface area contributed by atoms with Gasteiger partial charge in [0.05, 0.1) is 0 Å². The molecule has 1 atom stereocenters. The Morgan fingerprint density at radius 2 is 1.29 bits per heavy atom. The quantitative estimate of drug-likeness (QED) is 0.747. The fraction of sp³-hybridized carbons (Fsp3) is 0.333. The minimum Gasteiger partial charge on any atom is -0.383 e. The highest BCUT2D eigenvalue weighted by Gasteiger charge is 2.04. The summed E-state index contributed by atoms with van der Waals surface area (Å²) in [6, 6.07) is 19.2. The van der Waals surface area contributed by atoms with E-state index in [0.29, 0.717) is 6.04 Å². The first-order chi connectivity index (χ1) is 9.63. The molecule has 2 rings (SSSR count). The highest BCUT2D eigenvalue weighted by atomic mass is 32.1. The first kappa shape index (κ1) is 17.4. The Hall–Kier alpha value is -1.61. The number of para-hydroxylation sites is 1. The van der Waals surface area contributed by atoms with E-state index in [1.54, 1.807) is 0 Å². The summed E-state index contributed by atoms with van der Waals surface area (Å²) in [4.78, 5) is 0. The van der Waals surface area contributed by atoms with Crippen LogP contribution >= 0.6 is 13.5 Å². The molecule has 0 radical (unpaired) electrons. The van der Waals surface area contributed by atoms with Crippen molar-refractivity contribution in [3.8, 4) is 0 Å². The van der Waals surface area contributed by atoms with Crippen molar-refractivity contribution in [3.05, 3.63) is 54.6 Å². The lowest BCUT2D eigenvalue weighted by Crippen LogP contribution is -2.17. The van der Waals surface area contributed by atoms with E-state index < -0.39 is 0 Å². The van der Waals surface area contributed by atoms with Gasteiger partial charge in [-0.25, -0.2) is 0 Å². The Morgan fingerprint density at radius 1 is 0.762 bits per heavy atom. The summed E-state index contributed by atoms with van der Waals surface area (Å²) in [5.74, 6) is 0.719. The molecule has 2 nitrogen and oxygen atoms in total. The van der Waals surface area contributed by atoms with E-state index in [9.17, 15) is 0 Å². The van der Waals surface area contributed by atoms with Gasteiger partial charge in [0, 0.05) is 23.1 Å². The monoisotopic (exact) mass is 302 g/mol. The number of benzene rings is 2. The number of nitrogens with one attached hydrogen (secondary N) is 2. The van der Waals surface area contributed by atoms with Crippen LogP contribution in [0.4, 0.5) is 17.1 Å². The number of rotatable bonds is 6. The van der Waals surface area contributed by atoms with Crippen molar-refractivity contribution in [2.24, 2.45) is 5.92 Å². The van der Waals surface area contributed by atoms with Gasteiger partial charge in [0.2, 0.25) is 0 Å². The Morgan fingerprint density at radius 3 is 1.86 bits per heavy atom. The molecule has 0 saturated heterocycles. The van der Waals surface area contributed by atoms with Gasteiger partial charge in [-0.05, 0) is 55.7 Å². The summed E-state index contributed by atoms with van der Waals surface area (Å²) in [7, 11) is 0. The minimum absolute atomic E-state index is 0. The van der Waals surface area contributed by atoms with Gasteiger partial charge in [-0.2, -0.15) is 13.5 Å². The number of hydrogen-bond acceptors (Lipinski definition) is 2. The maximum absolute atomic E-state index is 3.54. The molecule has 0 aliphatic heterocycles. The topological polar surface area (TPSA) is 24.1 Å². The minimum atomic E-state index is 0. The molecular weight excluding hydrogens is 276 g/mol. The second-order valence-corrected chi connectivity index (χ2v) is 5.74. The largest absolute Gasteiger partial charge is 0.383 e. The van der Waals surface area contributed by atoms with Crippen LogP contribution in [0.3, 0.4) is 0 Å². The average Bonchev–Trinajstić information content (AvgIpc) is 2.41. The molecular formula is C18H26N2S. The number of hydrogen-bond donors (Lipinski definition) is 2. The maximum atomic E-state index is 3.54. The molecule has 0 saturated carbocycles. The maximum Gasteiger partial charge on any atom is 0.0385 e. The second-order valence-electron chi connectivity index (χ2n) is 5.74. The van der Waals surface area contributed by atoms with E-state index in [2.05, 4.69) is 67.8 Å². The Kier molecular flexibility index (Phi) is 7.17. The van der Waals surface area contributed by atoms with Crippen LogP contribution in [0, 0.1) is 5.92 Å². The average molecular weight is 302 g/mol. The summed E-state index contributed by atoms with van der Waals surface area (Å²) >= 11 is 0. The van der Waals surface area contributed by atoms with Crippen molar-refractivity contribution in [2.75, 3.05) is 10.6 Å². The first-order valence-corrected chi connectivity index (χ1v) is 7.32. The molecule has 0 bridgehead atoms. The highest BCUT2D eigenvalue weighted by molar-refractivity contribution is 7.59. The van der Waals surface area contributed by atoms with Gasteiger partial charge in [0.25, 0.3) is 0 Å². The highest BCUT2D eigenvalue weighted by Crippen LogP contribution is 2.19. The van der Waals surface area contributed by atoms with Crippen LogP contribution in [0.5, 0.6) is 0 Å². The molecule has 2 aromatic carbocycles. The van der Waals surface area contributed by atoms with Crippen molar-refractivity contribution in [1.29, 1.82) is 0 Å². The van der Waals surface area contributed by atoms with Crippen molar-refractivity contribution in [3.63, 3.8) is 0 Å². The van der Waals surface area contributed by atoms with Crippen molar-refractivity contribution >= 4 is 30.6 Å². The SMILES string of the molecule is CC(C)CC(C)Nc1ccc(Nc2ccccc2)cc1.S. The van der Waals surface area contributed by atoms with Crippen LogP contribution in [0.25, 0.3) is 0 Å². The van der Waals surface area contributed by atoms with Crippen LogP contribution in [0.15, 0.2) is 54.6 Å². The zero-order valence-corrected chi connectivity index (χ0v) is 14.1. The van der Waals surface area contributed by atoms with Crippen LogP contribution in [-0.4, -0.2) is 6.04 Å². The van der Waals surface area contributed by atoms with E-state index in [4.69, 9.17) is 0 Å². The second kappa shape index (κ2) is 8.63. The van der Waals surface area contributed by atoms with Crippen molar-refractivity contribution < 1.29 is 0 Å². The van der Waals surface area contributed by atoms with Crippen LogP contribution in [-0.2, 0) is 0 Å². The van der Waals surface area contributed by atoms with Crippen molar-refractivity contribution in [1.82, 2.24) is 0 Å². The van der Waals surface area contributed by atoms with E-state index in [0.717, 1.165) is 17.3 Å². The Balaban J connectivity index is 0.00000220. The summed E-state index contributed by atoms with van der Waals surface area (Å²) in [5, 5.41) is 6.93. The molecule has 2 aromatic rings. The van der Waals surface area contributed by atoms with Gasteiger partial charge >= 0.3 is 0 Å². The molecule has 0 spiro atoms. The summed E-state index contributed by atoms with van der Waals surface area (Å²) in [6.45, 7) is 6.74. The molecule has 0 aromatic heterocycles. The molecule has 0 fully saturated rings. The zero-order chi connectivity index (χ0) is 14.4. The lowest BCUT2D eigenvalue weighted by atomic mass is 10.1. The van der Waals surface area contributed by atoms with Crippen LogP contribution < -0.4 is 10.6 Å². The Bertz CT molecular complexity index is 509. The molecule has 21 heavy (non-hydrogen) atoms. The van der Waals surface area contributed by atoms with Gasteiger partial charge in [-0.15, -0.1) is 0 Å². The molecule has 0 aliphatic carbocycles. The normalized spacial score (nSPS) is 11.6. The van der Waals surface area contributed by atoms with E-state index in [1.165, 1.54) is 12.1 Å². The molecule has 2 N–H and O–H groups in total. The molecule has 3 heteroatoms. The van der Waals surface area contributed by atoms with Crippen LogP contribution in [0.2, 0.25) is 0 Å². The Labute approximate surface area is 135 Å². The molecule has 1 unspecified atom stereocenters. The third-order valence-corrected chi connectivity index (χ3v) is 3.19. The molecule has 0 aliphatic rings. The standard InChI is InChI=1S/C18H24N2.H2S/c1-14(2)13-15(3)19-17-9-11-18(12-10-17)20-16-7-5-4-6-8-16;/h4-12,14-15,19-20H,13H2,1-3H3;1H2. The van der Waals surface area contributed by atoms with E-state index >= 15 is 0 Å². The predicted octanol–water partition coefficient (Wildman–Crippen LogP) is 5.39. The number of anilines is 3. The summed E-state index contributed by atoms with van der Waals surface area (Å²) in [6.07, 6.45) is 1.18. The summed E-state index contributed by atoms with van der Waals surface area (Å²) < 4.78 is 0. The molecule has 0 heterocycles. The third kappa shape index (κ3) is 6.13. The summed E-state index contributed by atoms with van der Waals surface area (Å²) in [5.41, 5.74) is 3.40. The molecule has 114 valence electrons. The van der Waals surface area contributed by atoms with Gasteiger partial charge in [-0.1, -0.05) is 32.0 Å². The zero-order valence-electron chi connectivity index (χ0n) is 13.1. The lowest BCUT2D eigenvalue weighted by Gasteiger charge is -2.17. The van der Waals surface area contributed by atoms with E-state index in [-0.39, 0.29) is 13.5 Å². The molecule has 0 amide bonds. The fourth-order valence-electron chi connectivity index (χ4n) is 2.39. The third-order valence-electron chi connectivity index (χ3n) is 3.19. The van der Waals surface area contributed by atoms with Gasteiger partial charge in [-0.3, -0.25) is 0 Å². The van der Waals surface area contributed by atoms with Crippen LogP contribution in [0.1, 0.15) is 27.2 Å². The smallest absolute Gasteiger partial charge is 0.0385 e. The lowest BCUT2D eigenvalue weighted by molar-refractivity contribution is 0.540. The van der Waals surface area contributed by atoms with Crippen molar-refractivity contribution in [2.45, 2.75) is 33.2 Å². The predicted molar refractivity (Wildman–Crippen MR) is 99.1 cm³/mol. The van der Waals surface area contributed by atoms with E-state index in [1.807, 2.05) is 18.2 Å². The van der Waals surface area contributed by atoms with Gasteiger partial charge < -0.3 is 10.6 Å². The first-order valence-electron chi connectivity index (χ1n) is 7.32. The van der Waals surface area contributed by atoms with Gasteiger partial charge in [0.1, 0.15) is 0 Å².